The fourth-order valence-corrected chi connectivity index (χ4v) is 1.41. The Labute approximate surface area is 99.2 Å². The van der Waals surface area contributed by atoms with E-state index in [-0.39, 0.29) is 0 Å². The van der Waals surface area contributed by atoms with E-state index in [1.807, 2.05) is 37.3 Å². The molecule has 0 radical (unpaired) electrons. The van der Waals surface area contributed by atoms with Crippen molar-refractivity contribution in [2.45, 2.75) is 6.92 Å². The van der Waals surface area contributed by atoms with E-state index in [4.69, 9.17) is 9.94 Å². The monoisotopic (exact) mass is 228 g/mol. The molecule has 0 aliphatic rings. The summed E-state index contributed by atoms with van der Waals surface area (Å²) in [5, 5.41) is 11.4. The van der Waals surface area contributed by atoms with Gasteiger partial charge in [-0.25, -0.2) is 4.98 Å². The molecule has 86 valence electrons. The summed E-state index contributed by atoms with van der Waals surface area (Å²) in [6, 6.07) is 13.0. The van der Waals surface area contributed by atoms with Crippen LogP contribution in [0.5, 0.6) is 11.6 Å². The second kappa shape index (κ2) is 5.12. The van der Waals surface area contributed by atoms with Crippen molar-refractivity contribution in [3.63, 3.8) is 0 Å². The number of nitrogens with zero attached hydrogens (tertiary/aromatic N) is 2. The van der Waals surface area contributed by atoms with Crippen LogP contribution in [0.3, 0.4) is 0 Å². The molecule has 17 heavy (non-hydrogen) atoms. The minimum Gasteiger partial charge on any atom is -0.439 e. The van der Waals surface area contributed by atoms with Crippen molar-refractivity contribution < 1.29 is 9.94 Å². The van der Waals surface area contributed by atoms with Gasteiger partial charge in [0.25, 0.3) is 0 Å². The molecule has 0 saturated heterocycles. The van der Waals surface area contributed by atoms with Crippen LogP contribution < -0.4 is 4.74 Å². The van der Waals surface area contributed by atoms with Crippen LogP contribution in [-0.4, -0.2) is 16.4 Å². The van der Waals surface area contributed by atoms with Crippen molar-refractivity contribution in [3.8, 4) is 11.6 Å². The molecule has 1 aromatic carbocycles. The number of aromatic nitrogens is 1. The Balaban J connectivity index is 2.21. The summed E-state index contributed by atoms with van der Waals surface area (Å²) in [4.78, 5) is 4.26. The lowest BCUT2D eigenvalue weighted by Crippen LogP contribution is -1.94. The molecule has 0 saturated carbocycles. The third-order valence-electron chi connectivity index (χ3n) is 2.26. The quantitative estimate of drug-likeness (QED) is 0.499. The molecule has 0 spiro atoms. The Hall–Kier alpha value is -2.36. The predicted octanol–water partition coefficient (Wildman–Crippen LogP) is 2.99. The van der Waals surface area contributed by atoms with Crippen LogP contribution in [-0.2, 0) is 0 Å². The number of pyridine rings is 1. The molecule has 0 bridgehead atoms. The largest absolute Gasteiger partial charge is 0.439 e. The summed E-state index contributed by atoms with van der Waals surface area (Å²) in [5.41, 5.74) is 1.50. The van der Waals surface area contributed by atoms with Crippen molar-refractivity contribution >= 4 is 6.21 Å². The molecule has 2 rings (SSSR count). The number of benzene rings is 1. The summed E-state index contributed by atoms with van der Waals surface area (Å²) >= 11 is 0. The zero-order chi connectivity index (χ0) is 12.1. The summed E-state index contributed by atoms with van der Waals surface area (Å²) in [7, 11) is 0. The number of rotatable bonds is 3. The van der Waals surface area contributed by atoms with Gasteiger partial charge in [-0.1, -0.05) is 23.4 Å². The molecule has 0 aliphatic carbocycles. The van der Waals surface area contributed by atoms with E-state index in [0.717, 1.165) is 17.0 Å². The molecular formula is C13H12N2O2. The van der Waals surface area contributed by atoms with Gasteiger partial charge < -0.3 is 9.94 Å². The molecule has 4 heteroatoms. The summed E-state index contributed by atoms with van der Waals surface area (Å²) in [5.74, 6) is 1.26. The van der Waals surface area contributed by atoms with E-state index in [9.17, 15) is 0 Å². The molecular weight excluding hydrogens is 216 g/mol. The maximum absolute atomic E-state index is 8.46. The second-order valence-electron chi connectivity index (χ2n) is 3.48. The van der Waals surface area contributed by atoms with E-state index >= 15 is 0 Å². The van der Waals surface area contributed by atoms with E-state index in [1.165, 1.54) is 6.21 Å². The number of hydrogen-bond acceptors (Lipinski definition) is 4. The van der Waals surface area contributed by atoms with Gasteiger partial charge in [-0.2, -0.15) is 0 Å². The highest BCUT2D eigenvalue weighted by Crippen LogP contribution is 2.19. The maximum Gasteiger partial charge on any atom is 0.219 e. The second-order valence-corrected chi connectivity index (χ2v) is 3.48. The standard InChI is InChI=1S/C13H12N2O2/c1-10-11(9-14-16)7-8-13(15-10)17-12-5-3-2-4-6-12/h2-9,16H,1H3/b14-9+. The van der Waals surface area contributed by atoms with E-state index in [1.54, 1.807) is 12.1 Å². The van der Waals surface area contributed by atoms with Crippen molar-refractivity contribution in [1.82, 2.24) is 4.98 Å². The van der Waals surface area contributed by atoms with Crippen LogP contribution in [0.4, 0.5) is 0 Å². The van der Waals surface area contributed by atoms with Crippen molar-refractivity contribution in [2.75, 3.05) is 0 Å². The molecule has 1 heterocycles. The zero-order valence-corrected chi connectivity index (χ0v) is 9.37. The Bertz CT molecular complexity index is 524. The van der Waals surface area contributed by atoms with Gasteiger partial charge in [-0.3, -0.25) is 0 Å². The topological polar surface area (TPSA) is 54.7 Å². The van der Waals surface area contributed by atoms with E-state index < -0.39 is 0 Å². The number of aryl methyl sites for hydroxylation is 1. The van der Waals surface area contributed by atoms with Crippen LogP contribution in [0.2, 0.25) is 0 Å². The molecule has 0 atom stereocenters. The summed E-state index contributed by atoms with van der Waals surface area (Å²) in [6.07, 6.45) is 1.34. The summed E-state index contributed by atoms with van der Waals surface area (Å²) in [6.45, 7) is 1.83. The van der Waals surface area contributed by atoms with Crippen LogP contribution in [0.1, 0.15) is 11.3 Å². The average Bonchev–Trinajstić information content (AvgIpc) is 2.34. The van der Waals surface area contributed by atoms with Gasteiger partial charge in [0.1, 0.15) is 5.75 Å². The molecule has 0 aliphatic heterocycles. The Morgan fingerprint density at radius 3 is 2.59 bits per heavy atom. The lowest BCUT2D eigenvalue weighted by molar-refractivity contribution is 0.322. The molecule has 4 nitrogen and oxygen atoms in total. The van der Waals surface area contributed by atoms with Crippen LogP contribution in [0, 0.1) is 6.92 Å². The van der Waals surface area contributed by atoms with Gasteiger partial charge in [0.2, 0.25) is 5.88 Å². The minimum atomic E-state index is 0.517. The van der Waals surface area contributed by atoms with Crippen LogP contribution in [0.25, 0.3) is 0 Å². The molecule has 0 unspecified atom stereocenters. The van der Waals surface area contributed by atoms with Gasteiger partial charge in [0, 0.05) is 11.6 Å². The van der Waals surface area contributed by atoms with Gasteiger partial charge in [-0.05, 0) is 25.1 Å². The SMILES string of the molecule is Cc1nc(Oc2ccccc2)ccc1/C=N/O. The number of oxime groups is 1. The maximum atomic E-state index is 8.46. The highest BCUT2D eigenvalue weighted by molar-refractivity contribution is 5.80. The van der Waals surface area contributed by atoms with Gasteiger partial charge in [0.05, 0.1) is 11.9 Å². The van der Waals surface area contributed by atoms with Crippen LogP contribution in [0.15, 0.2) is 47.6 Å². The number of hydrogen-bond donors (Lipinski definition) is 1. The minimum absolute atomic E-state index is 0.517. The Morgan fingerprint density at radius 2 is 1.94 bits per heavy atom. The molecule has 0 fully saturated rings. The van der Waals surface area contributed by atoms with Crippen molar-refractivity contribution in [2.24, 2.45) is 5.16 Å². The third kappa shape index (κ3) is 2.81. The van der Waals surface area contributed by atoms with E-state index in [2.05, 4.69) is 10.1 Å². The van der Waals surface area contributed by atoms with Gasteiger partial charge in [-0.15, -0.1) is 0 Å². The Kier molecular flexibility index (Phi) is 3.35. The molecule has 1 aromatic heterocycles. The first kappa shape index (κ1) is 11.1. The fourth-order valence-electron chi connectivity index (χ4n) is 1.41. The van der Waals surface area contributed by atoms with Gasteiger partial charge in [0.15, 0.2) is 0 Å². The predicted molar refractivity (Wildman–Crippen MR) is 64.9 cm³/mol. The van der Waals surface area contributed by atoms with Crippen molar-refractivity contribution in [3.05, 3.63) is 53.7 Å². The highest BCUT2D eigenvalue weighted by atomic mass is 16.5. The lowest BCUT2D eigenvalue weighted by Gasteiger charge is -2.06. The first-order valence-corrected chi connectivity index (χ1v) is 5.17. The first-order chi connectivity index (χ1) is 8.29. The third-order valence-corrected chi connectivity index (χ3v) is 2.26. The fraction of sp³-hybridized carbons (Fsp3) is 0.0769. The number of ether oxygens (including phenoxy) is 1. The Morgan fingerprint density at radius 1 is 1.18 bits per heavy atom. The van der Waals surface area contributed by atoms with Gasteiger partial charge >= 0.3 is 0 Å². The molecule has 2 aromatic rings. The molecule has 1 N–H and O–H groups in total. The molecule has 0 amide bonds. The average molecular weight is 228 g/mol. The zero-order valence-electron chi connectivity index (χ0n) is 9.37. The summed E-state index contributed by atoms with van der Waals surface area (Å²) < 4.78 is 5.57. The van der Waals surface area contributed by atoms with E-state index in [0.29, 0.717) is 5.88 Å². The normalized spacial score (nSPS) is 10.6. The highest BCUT2D eigenvalue weighted by Gasteiger charge is 2.02. The van der Waals surface area contributed by atoms with Crippen molar-refractivity contribution in [1.29, 1.82) is 0 Å². The smallest absolute Gasteiger partial charge is 0.219 e. The lowest BCUT2D eigenvalue weighted by atomic mass is 10.2. The first-order valence-electron chi connectivity index (χ1n) is 5.17. The number of para-hydroxylation sites is 1. The van der Waals surface area contributed by atoms with Crippen LogP contribution >= 0.6 is 0 Å².